The van der Waals surface area contributed by atoms with Crippen LogP contribution in [0.1, 0.15) is 5.56 Å². The van der Waals surface area contributed by atoms with Crippen LogP contribution in [0.5, 0.6) is 5.75 Å². The van der Waals surface area contributed by atoms with E-state index in [1.165, 1.54) is 0 Å². The van der Waals surface area contributed by atoms with Gasteiger partial charge in [-0.3, -0.25) is 0 Å². The molecule has 0 spiro atoms. The maximum Gasteiger partial charge on any atom is 0.116 e. The molecule has 2 N–H and O–H groups in total. The number of benzene rings is 2. The molecule has 0 bridgehead atoms. The molecule has 2 nitrogen and oxygen atoms in total. The Hall–Kier alpha value is -1.98. The van der Waals surface area contributed by atoms with Crippen molar-refractivity contribution in [2.45, 2.75) is 0 Å². The summed E-state index contributed by atoms with van der Waals surface area (Å²) >= 11 is 0. The Kier molecular flexibility index (Phi) is 2.57. The largest absolute Gasteiger partial charge is 0.508 e. The second-order valence-electron chi connectivity index (χ2n) is 3.21. The molecule has 2 aromatic carbocycles. The van der Waals surface area contributed by atoms with Crippen molar-refractivity contribution in [2.75, 3.05) is 6.61 Å². The lowest BCUT2D eigenvalue weighted by molar-refractivity contribution is 0.350. The van der Waals surface area contributed by atoms with Gasteiger partial charge in [0.1, 0.15) is 12.4 Å². The van der Waals surface area contributed by atoms with Crippen molar-refractivity contribution in [2.24, 2.45) is 0 Å². The Morgan fingerprint density at radius 1 is 1.00 bits per heavy atom. The lowest BCUT2D eigenvalue weighted by Crippen LogP contribution is -1.78. The zero-order valence-electron chi connectivity index (χ0n) is 8.07. The highest BCUT2D eigenvalue weighted by Crippen LogP contribution is 2.20. The molecule has 2 aromatic rings. The van der Waals surface area contributed by atoms with Gasteiger partial charge in [0.25, 0.3) is 0 Å². The fourth-order valence-corrected chi connectivity index (χ4v) is 1.45. The lowest BCUT2D eigenvalue weighted by atomic mass is 10.1. The van der Waals surface area contributed by atoms with Crippen LogP contribution in [0.2, 0.25) is 0 Å². The number of phenolic OH excluding ortho intramolecular Hbond substituents is 1. The second kappa shape index (κ2) is 4.04. The molecular formula is C13H10O2. The Labute approximate surface area is 87.8 Å². The van der Waals surface area contributed by atoms with Gasteiger partial charge < -0.3 is 10.2 Å². The highest BCUT2D eigenvalue weighted by molar-refractivity contribution is 5.85. The van der Waals surface area contributed by atoms with E-state index in [0.717, 1.165) is 16.3 Å². The van der Waals surface area contributed by atoms with Crippen molar-refractivity contribution < 1.29 is 10.2 Å². The first-order valence-electron chi connectivity index (χ1n) is 4.62. The van der Waals surface area contributed by atoms with E-state index in [9.17, 15) is 5.11 Å². The Bertz CT molecular complexity index is 547. The average molecular weight is 198 g/mol. The predicted molar refractivity (Wildman–Crippen MR) is 59.6 cm³/mol. The molecule has 0 unspecified atom stereocenters. The van der Waals surface area contributed by atoms with Crippen molar-refractivity contribution in [3.63, 3.8) is 0 Å². The third-order valence-corrected chi connectivity index (χ3v) is 2.14. The topological polar surface area (TPSA) is 40.5 Å². The van der Waals surface area contributed by atoms with Crippen LogP contribution in [0.25, 0.3) is 10.8 Å². The summed E-state index contributed by atoms with van der Waals surface area (Å²) in [5.74, 6) is 5.66. The van der Waals surface area contributed by atoms with Crippen molar-refractivity contribution in [3.8, 4) is 17.6 Å². The van der Waals surface area contributed by atoms with Gasteiger partial charge in [-0.1, -0.05) is 24.0 Å². The number of aliphatic hydroxyl groups excluding tert-OH is 1. The molecule has 0 aliphatic heterocycles. The van der Waals surface area contributed by atoms with Crippen LogP contribution in [-0.2, 0) is 0 Å². The van der Waals surface area contributed by atoms with Crippen LogP contribution in [-0.4, -0.2) is 16.8 Å². The highest BCUT2D eigenvalue weighted by atomic mass is 16.3. The van der Waals surface area contributed by atoms with Crippen LogP contribution in [0.15, 0.2) is 36.4 Å². The number of aromatic hydroxyl groups is 1. The van der Waals surface area contributed by atoms with Gasteiger partial charge in [-0.25, -0.2) is 0 Å². The van der Waals surface area contributed by atoms with Gasteiger partial charge in [0.2, 0.25) is 0 Å². The van der Waals surface area contributed by atoms with E-state index in [0.29, 0.717) is 0 Å². The van der Waals surface area contributed by atoms with Gasteiger partial charge in [-0.2, -0.15) is 0 Å². The zero-order valence-corrected chi connectivity index (χ0v) is 8.07. The fraction of sp³-hybridized carbons (Fsp3) is 0.0769. The minimum absolute atomic E-state index is 0.141. The van der Waals surface area contributed by atoms with Crippen LogP contribution < -0.4 is 0 Å². The molecule has 0 saturated heterocycles. The number of hydrogen-bond acceptors (Lipinski definition) is 2. The summed E-state index contributed by atoms with van der Waals surface area (Å²) < 4.78 is 0. The Balaban J connectivity index is 2.54. The molecule has 0 aliphatic carbocycles. The quantitative estimate of drug-likeness (QED) is 0.634. The molecule has 0 atom stereocenters. The summed E-state index contributed by atoms with van der Waals surface area (Å²) in [7, 11) is 0. The van der Waals surface area contributed by atoms with Gasteiger partial charge in [-0.05, 0) is 35.0 Å². The van der Waals surface area contributed by atoms with Crippen molar-refractivity contribution >= 4 is 10.8 Å². The van der Waals surface area contributed by atoms with Crippen LogP contribution in [0.4, 0.5) is 0 Å². The number of aliphatic hydroxyl groups is 1. The molecule has 0 aromatic heterocycles. The smallest absolute Gasteiger partial charge is 0.116 e. The SMILES string of the molecule is OCC#Cc1ccc2ccc(O)cc2c1. The third kappa shape index (κ3) is 2.09. The van der Waals surface area contributed by atoms with E-state index in [2.05, 4.69) is 11.8 Å². The molecule has 2 heteroatoms. The Morgan fingerprint density at radius 3 is 2.60 bits per heavy atom. The maximum atomic E-state index is 9.32. The third-order valence-electron chi connectivity index (χ3n) is 2.14. The predicted octanol–water partition coefficient (Wildman–Crippen LogP) is 1.89. The molecule has 0 fully saturated rings. The summed E-state index contributed by atoms with van der Waals surface area (Å²) in [5, 5.41) is 19.9. The number of hydrogen-bond donors (Lipinski definition) is 2. The van der Waals surface area contributed by atoms with E-state index in [1.807, 2.05) is 24.3 Å². The molecular weight excluding hydrogens is 188 g/mol. The van der Waals surface area contributed by atoms with Crippen LogP contribution in [0, 0.1) is 11.8 Å². The van der Waals surface area contributed by atoms with Crippen molar-refractivity contribution in [1.29, 1.82) is 0 Å². The van der Waals surface area contributed by atoms with Gasteiger partial charge in [0.15, 0.2) is 0 Å². The second-order valence-corrected chi connectivity index (χ2v) is 3.21. The monoisotopic (exact) mass is 198 g/mol. The molecule has 0 heterocycles. The highest BCUT2D eigenvalue weighted by Gasteiger charge is 1.95. The first-order chi connectivity index (χ1) is 7.29. The zero-order chi connectivity index (χ0) is 10.7. The number of phenols is 1. The van der Waals surface area contributed by atoms with E-state index in [-0.39, 0.29) is 12.4 Å². The Morgan fingerprint density at radius 2 is 1.80 bits per heavy atom. The first-order valence-corrected chi connectivity index (χ1v) is 4.62. The molecule has 0 radical (unpaired) electrons. The molecule has 0 amide bonds. The fourth-order valence-electron chi connectivity index (χ4n) is 1.45. The van der Waals surface area contributed by atoms with E-state index in [4.69, 9.17) is 5.11 Å². The van der Waals surface area contributed by atoms with Gasteiger partial charge in [-0.15, -0.1) is 0 Å². The standard InChI is InChI=1S/C13H10O2/c14-7-1-2-10-3-4-11-5-6-13(15)9-12(11)8-10/h3-6,8-9,14-15H,7H2. The summed E-state index contributed by atoms with van der Waals surface area (Å²) in [6.07, 6.45) is 0. The van der Waals surface area contributed by atoms with E-state index >= 15 is 0 Å². The number of fused-ring (bicyclic) bond motifs is 1. The molecule has 74 valence electrons. The van der Waals surface area contributed by atoms with E-state index < -0.39 is 0 Å². The summed E-state index contributed by atoms with van der Waals surface area (Å²) in [6, 6.07) is 10.9. The van der Waals surface area contributed by atoms with Crippen LogP contribution in [0.3, 0.4) is 0 Å². The van der Waals surface area contributed by atoms with E-state index in [1.54, 1.807) is 12.1 Å². The van der Waals surface area contributed by atoms with Gasteiger partial charge in [0, 0.05) is 5.56 Å². The first kappa shape index (κ1) is 9.57. The minimum Gasteiger partial charge on any atom is -0.508 e. The van der Waals surface area contributed by atoms with Crippen molar-refractivity contribution in [1.82, 2.24) is 0 Å². The van der Waals surface area contributed by atoms with Gasteiger partial charge >= 0.3 is 0 Å². The summed E-state index contributed by atoms with van der Waals surface area (Å²) in [6.45, 7) is -0.141. The minimum atomic E-state index is -0.141. The average Bonchev–Trinajstić information content (AvgIpc) is 2.25. The normalized spacial score (nSPS) is 9.67. The van der Waals surface area contributed by atoms with Gasteiger partial charge in [0.05, 0.1) is 0 Å². The molecule has 2 rings (SSSR count). The molecule has 0 aliphatic rings. The maximum absolute atomic E-state index is 9.32. The number of rotatable bonds is 0. The molecule has 0 saturated carbocycles. The van der Waals surface area contributed by atoms with Crippen LogP contribution >= 0.6 is 0 Å². The molecule has 15 heavy (non-hydrogen) atoms. The lowest BCUT2D eigenvalue weighted by Gasteiger charge is -1.99. The summed E-state index contributed by atoms with van der Waals surface area (Å²) in [5.41, 5.74) is 0.835. The van der Waals surface area contributed by atoms with Crippen molar-refractivity contribution in [3.05, 3.63) is 42.0 Å². The summed E-state index contributed by atoms with van der Waals surface area (Å²) in [4.78, 5) is 0.